The number of amides is 1. The van der Waals surface area contributed by atoms with Crippen molar-refractivity contribution in [1.82, 2.24) is 4.98 Å². The summed E-state index contributed by atoms with van der Waals surface area (Å²) in [4.78, 5) is 16.1. The number of benzene rings is 2. The molecule has 1 heterocycles. The molecule has 0 saturated heterocycles. The van der Waals surface area contributed by atoms with E-state index in [2.05, 4.69) is 10.3 Å². The van der Waals surface area contributed by atoms with Crippen molar-refractivity contribution in [3.05, 3.63) is 64.9 Å². The second kappa shape index (κ2) is 6.86. The third kappa shape index (κ3) is 3.73. The van der Waals surface area contributed by atoms with Crippen LogP contribution < -0.4 is 10.1 Å². The van der Waals surface area contributed by atoms with Gasteiger partial charge in [0.1, 0.15) is 5.75 Å². The predicted molar refractivity (Wildman–Crippen MR) is 92.3 cm³/mol. The number of pyridine rings is 1. The smallest absolute Gasteiger partial charge is 0.262 e. The number of hydrogen-bond donors (Lipinski definition) is 1. The number of hydrogen-bond acceptors (Lipinski definition) is 3. The molecule has 3 rings (SSSR count). The first-order valence-corrected chi connectivity index (χ1v) is 7.59. The lowest BCUT2D eigenvalue weighted by Gasteiger charge is -2.10. The van der Waals surface area contributed by atoms with Crippen molar-refractivity contribution in [2.24, 2.45) is 0 Å². The molecule has 1 N–H and O–H groups in total. The van der Waals surface area contributed by atoms with Crippen molar-refractivity contribution in [2.45, 2.75) is 0 Å². The standard InChI is InChI=1S/C17H12Cl2N2O2/c18-12-4-5-16(14(19)8-12)23-10-17(22)21-15-3-1-2-11-9-20-7-6-13(11)15/h1-9H,10H2,(H,21,22). The Kier molecular flexibility index (Phi) is 4.65. The second-order valence-corrected chi connectivity index (χ2v) is 5.66. The molecule has 2 aromatic carbocycles. The number of carbonyl (C=O) groups is 1. The highest BCUT2D eigenvalue weighted by atomic mass is 35.5. The highest BCUT2D eigenvalue weighted by Gasteiger charge is 2.08. The molecule has 3 aromatic rings. The number of fused-ring (bicyclic) bond motifs is 1. The van der Waals surface area contributed by atoms with Gasteiger partial charge < -0.3 is 10.1 Å². The normalized spacial score (nSPS) is 10.5. The SMILES string of the molecule is O=C(COc1ccc(Cl)cc1Cl)Nc1cccc2cnccc12. The molecule has 0 saturated carbocycles. The lowest BCUT2D eigenvalue weighted by molar-refractivity contribution is -0.118. The number of ether oxygens (including phenoxy) is 1. The molecular weight excluding hydrogens is 335 g/mol. The topological polar surface area (TPSA) is 51.2 Å². The molecule has 0 aliphatic rings. The minimum Gasteiger partial charge on any atom is -0.482 e. The van der Waals surface area contributed by atoms with Crippen LogP contribution in [0.25, 0.3) is 10.8 Å². The monoisotopic (exact) mass is 346 g/mol. The number of halogens is 2. The zero-order chi connectivity index (χ0) is 16.2. The number of nitrogens with zero attached hydrogens (tertiary/aromatic N) is 1. The van der Waals surface area contributed by atoms with Gasteiger partial charge in [0.25, 0.3) is 5.91 Å². The van der Waals surface area contributed by atoms with Gasteiger partial charge in [-0.25, -0.2) is 0 Å². The summed E-state index contributed by atoms with van der Waals surface area (Å²) < 4.78 is 5.42. The lowest BCUT2D eigenvalue weighted by atomic mass is 10.1. The van der Waals surface area contributed by atoms with E-state index in [-0.39, 0.29) is 12.5 Å². The number of aromatic nitrogens is 1. The van der Waals surface area contributed by atoms with Crippen molar-refractivity contribution in [2.75, 3.05) is 11.9 Å². The number of carbonyl (C=O) groups excluding carboxylic acids is 1. The maximum Gasteiger partial charge on any atom is 0.262 e. The van der Waals surface area contributed by atoms with Gasteiger partial charge in [0.15, 0.2) is 6.61 Å². The van der Waals surface area contributed by atoms with Crippen LogP contribution in [0.2, 0.25) is 10.0 Å². The quantitative estimate of drug-likeness (QED) is 0.753. The van der Waals surface area contributed by atoms with E-state index in [0.717, 1.165) is 10.8 Å². The summed E-state index contributed by atoms with van der Waals surface area (Å²) in [5, 5.41) is 5.57. The summed E-state index contributed by atoms with van der Waals surface area (Å²) in [7, 11) is 0. The molecule has 6 heteroatoms. The molecule has 0 aliphatic carbocycles. The largest absolute Gasteiger partial charge is 0.482 e. The minimum atomic E-state index is -0.277. The van der Waals surface area contributed by atoms with Crippen LogP contribution >= 0.6 is 23.2 Å². The number of rotatable bonds is 4. The Hall–Kier alpha value is -2.30. The molecule has 23 heavy (non-hydrogen) atoms. The van der Waals surface area contributed by atoms with Crippen LogP contribution in [0.15, 0.2) is 54.9 Å². The van der Waals surface area contributed by atoms with Gasteiger partial charge in [-0.2, -0.15) is 0 Å². The molecule has 0 radical (unpaired) electrons. The Morgan fingerprint density at radius 3 is 2.87 bits per heavy atom. The summed E-state index contributed by atoms with van der Waals surface area (Å²) >= 11 is 11.8. The summed E-state index contributed by atoms with van der Waals surface area (Å²) in [6, 6.07) is 12.3. The summed E-state index contributed by atoms with van der Waals surface area (Å²) in [6.45, 7) is -0.150. The molecule has 0 bridgehead atoms. The molecule has 4 nitrogen and oxygen atoms in total. The van der Waals surface area contributed by atoms with Gasteiger partial charge in [-0.05, 0) is 30.3 Å². The Labute approximate surface area is 143 Å². The molecule has 0 fully saturated rings. The maximum absolute atomic E-state index is 12.1. The van der Waals surface area contributed by atoms with Gasteiger partial charge in [-0.3, -0.25) is 9.78 Å². The van der Waals surface area contributed by atoms with Crippen LogP contribution in [-0.4, -0.2) is 17.5 Å². The van der Waals surface area contributed by atoms with Crippen molar-refractivity contribution >= 4 is 45.6 Å². The first kappa shape index (κ1) is 15.6. The van der Waals surface area contributed by atoms with E-state index < -0.39 is 0 Å². The summed E-state index contributed by atoms with van der Waals surface area (Å²) in [5.74, 6) is 0.133. The minimum absolute atomic E-state index is 0.150. The van der Waals surface area contributed by atoms with Crippen LogP contribution in [0.1, 0.15) is 0 Å². The van der Waals surface area contributed by atoms with Crippen molar-refractivity contribution < 1.29 is 9.53 Å². The van der Waals surface area contributed by atoms with Crippen LogP contribution in [0.3, 0.4) is 0 Å². The predicted octanol–water partition coefficient (Wildman–Crippen LogP) is 4.56. The van der Waals surface area contributed by atoms with Gasteiger partial charge in [-0.1, -0.05) is 35.3 Å². The summed E-state index contributed by atoms with van der Waals surface area (Å²) in [6.07, 6.45) is 3.43. The van der Waals surface area contributed by atoms with E-state index in [1.54, 1.807) is 30.6 Å². The van der Waals surface area contributed by atoms with Crippen LogP contribution in [0.5, 0.6) is 5.75 Å². The van der Waals surface area contributed by atoms with E-state index in [1.165, 1.54) is 0 Å². The van der Waals surface area contributed by atoms with E-state index in [4.69, 9.17) is 27.9 Å². The van der Waals surface area contributed by atoms with Crippen LogP contribution in [-0.2, 0) is 4.79 Å². The summed E-state index contributed by atoms with van der Waals surface area (Å²) in [5.41, 5.74) is 0.709. The van der Waals surface area contributed by atoms with E-state index >= 15 is 0 Å². The number of nitrogens with one attached hydrogen (secondary N) is 1. The van der Waals surface area contributed by atoms with Crippen LogP contribution in [0, 0.1) is 0 Å². The van der Waals surface area contributed by atoms with E-state index in [1.807, 2.05) is 24.3 Å². The molecule has 0 atom stereocenters. The third-order valence-electron chi connectivity index (χ3n) is 3.21. The zero-order valence-electron chi connectivity index (χ0n) is 11.9. The Bertz CT molecular complexity index is 863. The fourth-order valence-corrected chi connectivity index (χ4v) is 2.62. The van der Waals surface area contributed by atoms with Crippen LogP contribution in [0.4, 0.5) is 5.69 Å². The Morgan fingerprint density at radius 2 is 2.04 bits per heavy atom. The van der Waals surface area contributed by atoms with Gasteiger partial charge in [0.2, 0.25) is 0 Å². The lowest BCUT2D eigenvalue weighted by Crippen LogP contribution is -2.20. The first-order valence-electron chi connectivity index (χ1n) is 6.84. The highest BCUT2D eigenvalue weighted by molar-refractivity contribution is 6.35. The van der Waals surface area contributed by atoms with Gasteiger partial charge in [0.05, 0.1) is 5.02 Å². The van der Waals surface area contributed by atoms with E-state index in [9.17, 15) is 4.79 Å². The molecule has 1 amide bonds. The average Bonchev–Trinajstić information content (AvgIpc) is 2.54. The average molecular weight is 347 g/mol. The van der Waals surface area contributed by atoms with Gasteiger partial charge in [-0.15, -0.1) is 0 Å². The molecule has 1 aromatic heterocycles. The Balaban J connectivity index is 1.69. The van der Waals surface area contributed by atoms with Crippen molar-refractivity contribution in [3.8, 4) is 5.75 Å². The Morgan fingerprint density at radius 1 is 1.17 bits per heavy atom. The highest BCUT2D eigenvalue weighted by Crippen LogP contribution is 2.27. The van der Waals surface area contributed by atoms with Gasteiger partial charge >= 0.3 is 0 Å². The van der Waals surface area contributed by atoms with Gasteiger partial charge in [0, 0.05) is 33.9 Å². The third-order valence-corrected chi connectivity index (χ3v) is 3.74. The van der Waals surface area contributed by atoms with E-state index in [0.29, 0.717) is 21.5 Å². The number of anilines is 1. The fraction of sp³-hybridized carbons (Fsp3) is 0.0588. The van der Waals surface area contributed by atoms with Crippen molar-refractivity contribution in [1.29, 1.82) is 0 Å². The second-order valence-electron chi connectivity index (χ2n) is 4.81. The molecule has 116 valence electrons. The molecule has 0 unspecified atom stereocenters. The zero-order valence-corrected chi connectivity index (χ0v) is 13.4. The van der Waals surface area contributed by atoms with Crippen molar-refractivity contribution in [3.63, 3.8) is 0 Å². The fourth-order valence-electron chi connectivity index (χ4n) is 2.15. The maximum atomic E-state index is 12.1. The molecule has 0 spiro atoms. The first-order chi connectivity index (χ1) is 11.1. The molecular formula is C17H12Cl2N2O2. The molecule has 0 aliphatic heterocycles.